The van der Waals surface area contributed by atoms with Crippen molar-refractivity contribution < 1.29 is 14.3 Å². The van der Waals surface area contributed by atoms with Gasteiger partial charge in [-0.2, -0.15) is 0 Å². The lowest BCUT2D eigenvalue weighted by Gasteiger charge is -2.34. The molecule has 0 radical (unpaired) electrons. The molecule has 1 unspecified atom stereocenters. The first kappa shape index (κ1) is 30.0. The zero-order valence-electron chi connectivity index (χ0n) is 24.9. The lowest BCUT2D eigenvalue weighted by molar-refractivity contribution is -0.117. The molecule has 5 aromatic carbocycles. The fourth-order valence-electron chi connectivity index (χ4n) is 6.19. The second kappa shape index (κ2) is 13.3. The van der Waals surface area contributed by atoms with Gasteiger partial charge >= 0.3 is 0 Å². The molecule has 0 bridgehead atoms. The second-order valence-electron chi connectivity index (χ2n) is 10.8. The van der Waals surface area contributed by atoms with Crippen LogP contribution in [0.4, 0.5) is 0 Å². The van der Waals surface area contributed by atoms with E-state index in [0.29, 0.717) is 19.7 Å². The predicted octanol–water partition coefficient (Wildman–Crippen LogP) is 7.28. The van der Waals surface area contributed by atoms with E-state index in [4.69, 9.17) is 4.74 Å². The van der Waals surface area contributed by atoms with Crippen LogP contribution in [0.1, 0.15) is 22.3 Å². The van der Waals surface area contributed by atoms with E-state index in [1.165, 1.54) is 50.7 Å². The molecule has 0 heterocycles. The van der Waals surface area contributed by atoms with Crippen molar-refractivity contribution in [1.29, 1.82) is 0 Å². The van der Waals surface area contributed by atoms with Crippen LogP contribution in [0.25, 0.3) is 21.9 Å². The molecule has 0 aliphatic heterocycles. The number of hydrogen-bond acceptors (Lipinski definition) is 4. The highest BCUT2D eigenvalue weighted by Crippen LogP contribution is 2.57. The van der Waals surface area contributed by atoms with Crippen molar-refractivity contribution >= 4 is 34.3 Å². The second-order valence-corrected chi connectivity index (χ2v) is 11.9. The van der Waals surface area contributed by atoms with Crippen LogP contribution in [0, 0.1) is 0 Å². The number of benzene rings is 5. The molecule has 1 aliphatic carbocycles. The number of rotatable bonds is 12. The Morgan fingerprint density at radius 1 is 0.689 bits per heavy atom. The summed E-state index contributed by atoms with van der Waals surface area (Å²) in [5.41, 5.74) is 6.72. The first-order chi connectivity index (χ1) is 22.0. The number of thioether (sulfide) groups is 1. The highest BCUT2D eigenvalue weighted by Gasteiger charge is 2.46. The van der Waals surface area contributed by atoms with E-state index in [2.05, 4.69) is 121 Å². The number of carbonyl (C=O) groups is 2. The molecule has 1 aliphatic rings. The summed E-state index contributed by atoms with van der Waals surface area (Å²) < 4.78 is 5.95. The molecule has 0 spiro atoms. The third-order valence-corrected chi connectivity index (χ3v) is 9.21. The molecule has 0 aromatic heterocycles. The molecule has 0 saturated carbocycles. The van der Waals surface area contributed by atoms with Gasteiger partial charge in [-0.3, -0.25) is 9.59 Å². The summed E-state index contributed by atoms with van der Waals surface area (Å²) in [6.45, 7) is 8.33. The van der Waals surface area contributed by atoms with E-state index in [1.54, 1.807) is 11.8 Å². The molecule has 1 atom stereocenters. The summed E-state index contributed by atoms with van der Waals surface area (Å²) in [7, 11) is 0. The minimum absolute atomic E-state index is 0.158. The van der Waals surface area contributed by atoms with E-state index in [0.717, 1.165) is 22.0 Å². The van der Waals surface area contributed by atoms with Crippen molar-refractivity contribution in [2.45, 2.75) is 10.3 Å². The lowest BCUT2D eigenvalue weighted by atomic mass is 9.67. The summed E-state index contributed by atoms with van der Waals surface area (Å²) >= 11 is 1.71. The maximum absolute atomic E-state index is 11.5. The first-order valence-electron chi connectivity index (χ1n) is 14.9. The van der Waals surface area contributed by atoms with Crippen molar-refractivity contribution in [2.24, 2.45) is 0 Å². The number of carbonyl (C=O) groups excluding carboxylic acids is 2. The summed E-state index contributed by atoms with van der Waals surface area (Å²) in [5, 5.41) is 8.00. The molecule has 6 rings (SSSR count). The maximum atomic E-state index is 11.5. The monoisotopic (exact) mass is 610 g/mol. The van der Waals surface area contributed by atoms with Crippen LogP contribution in [-0.4, -0.2) is 37.3 Å². The predicted molar refractivity (Wildman–Crippen MR) is 184 cm³/mol. The fourth-order valence-corrected chi connectivity index (χ4v) is 6.95. The Hall–Kier alpha value is -5.07. The van der Waals surface area contributed by atoms with Crippen LogP contribution in [0.5, 0.6) is 5.75 Å². The number of nitrogens with one attached hydrogen (secondary N) is 2. The lowest BCUT2D eigenvalue weighted by Crippen LogP contribution is -2.28. The van der Waals surface area contributed by atoms with E-state index < -0.39 is 5.41 Å². The van der Waals surface area contributed by atoms with Gasteiger partial charge in [-0.1, -0.05) is 86.0 Å². The molecule has 45 heavy (non-hydrogen) atoms. The van der Waals surface area contributed by atoms with Crippen LogP contribution >= 0.6 is 11.8 Å². The van der Waals surface area contributed by atoms with Gasteiger partial charge in [0.05, 0.1) is 12.0 Å². The first-order valence-corrected chi connectivity index (χ1v) is 15.9. The summed E-state index contributed by atoms with van der Waals surface area (Å²) in [6.07, 6.45) is 2.55. The molecule has 6 heteroatoms. The van der Waals surface area contributed by atoms with E-state index in [1.807, 2.05) is 12.1 Å². The quantitative estimate of drug-likeness (QED) is 0.0869. The third-order valence-electron chi connectivity index (χ3n) is 8.20. The highest BCUT2D eigenvalue weighted by atomic mass is 32.2. The standard InChI is InChI=1S/C39H34N2O3S/c1-3-37(42)40-21-23-44-31-17-13-29(14-18-31)39(30-15-19-32(20-16-30)45-24-22-41-38(43)4-2)35-12-8-7-11-33(35)34-25-27-9-5-6-10-28(27)26-36(34)39/h3-20,25-26H,1-2,21-24H2,(H,40,42)(H,41,43). The molecule has 0 saturated heterocycles. The average Bonchev–Trinajstić information content (AvgIpc) is 3.37. The summed E-state index contributed by atoms with van der Waals surface area (Å²) in [4.78, 5) is 24.2. The van der Waals surface area contributed by atoms with Gasteiger partial charge in [0.15, 0.2) is 0 Å². The minimum atomic E-state index is -0.548. The topological polar surface area (TPSA) is 67.4 Å². The Bertz CT molecular complexity index is 1810. The molecule has 224 valence electrons. The van der Waals surface area contributed by atoms with Crippen LogP contribution in [0.2, 0.25) is 0 Å². The molecular weight excluding hydrogens is 577 g/mol. The van der Waals surface area contributed by atoms with E-state index >= 15 is 0 Å². The van der Waals surface area contributed by atoms with Gasteiger partial charge in [-0.15, -0.1) is 11.8 Å². The molecular formula is C39H34N2O3S. The van der Waals surface area contributed by atoms with Crippen molar-refractivity contribution in [2.75, 3.05) is 25.4 Å². The van der Waals surface area contributed by atoms with Gasteiger partial charge in [0, 0.05) is 17.2 Å². The number of hydrogen-bond donors (Lipinski definition) is 2. The van der Waals surface area contributed by atoms with Crippen molar-refractivity contribution in [3.05, 3.63) is 157 Å². The van der Waals surface area contributed by atoms with Crippen LogP contribution < -0.4 is 15.4 Å². The minimum Gasteiger partial charge on any atom is -0.492 e. The Morgan fingerprint density at radius 2 is 1.29 bits per heavy atom. The SMILES string of the molecule is C=CC(=O)NCCOc1ccc(C2(c3ccc(SCCNC(=O)C=C)cc3)c3ccccc3-c3cc4ccccc4cc32)cc1. The number of ether oxygens (including phenoxy) is 1. The largest absolute Gasteiger partial charge is 0.492 e. The van der Waals surface area contributed by atoms with Gasteiger partial charge in [-0.25, -0.2) is 0 Å². The zero-order chi connectivity index (χ0) is 31.2. The number of amides is 2. The smallest absolute Gasteiger partial charge is 0.243 e. The molecule has 0 fully saturated rings. The molecule has 2 N–H and O–H groups in total. The van der Waals surface area contributed by atoms with Crippen molar-refractivity contribution in [3.8, 4) is 16.9 Å². The summed E-state index contributed by atoms with van der Waals surface area (Å²) in [6, 6.07) is 39.1. The average molecular weight is 611 g/mol. The molecule has 2 amide bonds. The van der Waals surface area contributed by atoms with Crippen LogP contribution in [0.15, 0.2) is 139 Å². The van der Waals surface area contributed by atoms with Gasteiger partial charge < -0.3 is 15.4 Å². The van der Waals surface area contributed by atoms with Crippen molar-refractivity contribution in [3.63, 3.8) is 0 Å². The Labute approximate surface area is 268 Å². The number of fused-ring (bicyclic) bond motifs is 4. The Balaban J connectivity index is 1.41. The van der Waals surface area contributed by atoms with E-state index in [9.17, 15) is 9.59 Å². The molecule has 5 aromatic rings. The summed E-state index contributed by atoms with van der Waals surface area (Å²) in [5.74, 6) is 1.13. The van der Waals surface area contributed by atoms with Crippen molar-refractivity contribution in [1.82, 2.24) is 10.6 Å². The van der Waals surface area contributed by atoms with Crippen LogP contribution in [0.3, 0.4) is 0 Å². The Kier molecular flexibility index (Phi) is 8.85. The fraction of sp³-hybridized carbons (Fsp3) is 0.128. The van der Waals surface area contributed by atoms with Gasteiger partial charge in [0.1, 0.15) is 12.4 Å². The maximum Gasteiger partial charge on any atom is 0.243 e. The molecule has 5 nitrogen and oxygen atoms in total. The van der Waals surface area contributed by atoms with Gasteiger partial charge in [0.2, 0.25) is 11.8 Å². The van der Waals surface area contributed by atoms with Crippen LogP contribution in [-0.2, 0) is 15.0 Å². The van der Waals surface area contributed by atoms with Gasteiger partial charge in [-0.05, 0) is 92.7 Å². The Morgan fingerprint density at radius 3 is 1.98 bits per heavy atom. The van der Waals surface area contributed by atoms with Gasteiger partial charge in [0.25, 0.3) is 0 Å². The highest BCUT2D eigenvalue weighted by molar-refractivity contribution is 7.99. The zero-order valence-corrected chi connectivity index (χ0v) is 25.7. The van der Waals surface area contributed by atoms with E-state index in [-0.39, 0.29) is 11.8 Å². The normalized spacial score (nSPS) is 14.7. The third kappa shape index (κ3) is 5.89.